The SMILES string of the molecule is C=C(C)CN=C(NCCc1ccco1)N(C)CCc1nccs1.I. The molecule has 0 fully saturated rings. The van der Waals surface area contributed by atoms with E-state index < -0.39 is 0 Å². The molecule has 2 aromatic rings. The normalized spacial score (nSPS) is 11.0. The molecule has 0 aliphatic heterocycles. The molecule has 5 nitrogen and oxygen atoms in total. The van der Waals surface area contributed by atoms with Crippen LogP contribution >= 0.6 is 35.3 Å². The van der Waals surface area contributed by atoms with Crippen LogP contribution in [0.3, 0.4) is 0 Å². The van der Waals surface area contributed by atoms with Gasteiger partial charge >= 0.3 is 0 Å². The number of thiazole rings is 1. The first-order valence-corrected chi connectivity index (χ1v) is 8.57. The molecule has 2 rings (SSSR count). The van der Waals surface area contributed by atoms with Crippen LogP contribution in [-0.4, -0.2) is 42.5 Å². The Morgan fingerprint density at radius 2 is 2.29 bits per heavy atom. The third kappa shape index (κ3) is 7.48. The van der Waals surface area contributed by atoms with Crippen LogP contribution in [0.1, 0.15) is 17.7 Å². The third-order valence-corrected chi connectivity index (χ3v) is 4.08. The molecular weight excluding hydrogens is 435 g/mol. The molecule has 2 heterocycles. The maximum absolute atomic E-state index is 5.36. The lowest BCUT2D eigenvalue weighted by molar-refractivity contribution is 0.475. The number of nitrogens with one attached hydrogen (secondary N) is 1. The van der Waals surface area contributed by atoms with Crippen LogP contribution in [0.25, 0.3) is 0 Å². The summed E-state index contributed by atoms with van der Waals surface area (Å²) in [6.45, 7) is 8.19. The number of halogens is 1. The van der Waals surface area contributed by atoms with Crippen molar-refractivity contribution in [3.8, 4) is 0 Å². The first-order chi connectivity index (χ1) is 11.1. The van der Waals surface area contributed by atoms with Crippen molar-refractivity contribution in [3.63, 3.8) is 0 Å². The Morgan fingerprint density at radius 1 is 1.46 bits per heavy atom. The molecule has 0 aliphatic carbocycles. The van der Waals surface area contributed by atoms with Gasteiger partial charge in [0.25, 0.3) is 0 Å². The van der Waals surface area contributed by atoms with E-state index in [0.29, 0.717) is 6.54 Å². The lowest BCUT2D eigenvalue weighted by Gasteiger charge is -2.22. The lowest BCUT2D eigenvalue weighted by atomic mass is 10.3. The maximum Gasteiger partial charge on any atom is 0.194 e. The van der Waals surface area contributed by atoms with E-state index in [1.807, 2.05) is 37.7 Å². The number of nitrogens with zero attached hydrogens (tertiary/aromatic N) is 3. The number of guanidine groups is 1. The molecule has 0 bridgehead atoms. The fourth-order valence-corrected chi connectivity index (χ4v) is 2.63. The molecule has 2 aromatic heterocycles. The van der Waals surface area contributed by atoms with Crippen molar-refractivity contribution in [2.24, 2.45) is 4.99 Å². The molecular formula is C17H25IN4OS. The summed E-state index contributed by atoms with van der Waals surface area (Å²) in [5, 5.41) is 6.55. The number of hydrogen-bond acceptors (Lipinski definition) is 4. The van der Waals surface area contributed by atoms with Crippen LogP contribution in [0.2, 0.25) is 0 Å². The van der Waals surface area contributed by atoms with Crippen LogP contribution < -0.4 is 5.32 Å². The minimum atomic E-state index is 0. The summed E-state index contributed by atoms with van der Waals surface area (Å²) in [6, 6.07) is 3.89. The van der Waals surface area contributed by atoms with Crippen LogP contribution in [0.5, 0.6) is 0 Å². The van der Waals surface area contributed by atoms with E-state index >= 15 is 0 Å². The van der Waals surface area contributed by atoms with Crippen LogP contribution in [0.15, 0.2) is 51.5 Å². The standard InChI is InChI=1S/C17H24N4OS.HI/c1-14(2)13-20-17(19-8-6-15-5-4-11-22-15)21(3)10-7-16-18-9-12-23-16;/h4-5,9,11-12H,1,6-8,10,13H2,2-3H3,(H,19,20);1H. The van der Waals surface area contributed by atoms with E-state index in [0.717, 1.165) is 48.2 Å². The van der Waals surface area contributed by atoms with Gasteiger partial charge in [-0.15, -0.1) is 35.3 Å². The van der Waals surface area contributed by atoms with Crippen LogP contribution in [0.4, 0.5) is 0 Å². The molecule has 0 amide bonds. The Balaban J connectivity index is 0.00000288. The average molecular weight is 460 g/mol. The van der Waals surface area contributed by atoms with Crippen molar-refractivity contribution in [2.45, 2.75) is 19.8 Å². The largest absolute Gasteiger partial charge is 0.469 e. The van der Waals surface area contributed by atoms with Gasteiger partial charge in [-0.2, -0.15) is 0 Å². The number of aromatic nitrogens is 1. The van der Waals surface area contributed by atoms with Crippen LogP contribution in [0, 0.1) is 0 Å². The molecule has 0 spiro atoms. The molecule has 0 saturated heterocycles. The molecule has 0 atom stereocenters. The summed E-state index contributed by atoms with van der Waals surface area (Å²) in [7, 11) is 2.05. The molecule has 0 aromatic carbocycles. The first-order valence-electron chi connectivity index (χ1n) is 7.69. The van der Waals surface area contributed by atoms with Gasteiger partial charge in [0, 0.05) is 44.6 Å². The number of rotatable bonds is 8. The second-order valence-corrected chi connectivity index (χ2v) is 6.43. The summed E-state index contributed by atoms with van der Waals surface area (Å²) in [4.78, 5) is 11.1. The smallest absolute Gasteiger partial charge is 0.194 e. The minimum Gasteiger partial charge on any atom is -0.469 e. The lowest BCUT2D eigenvalue weighted by Crippen LogP contribution is -2.41. The summed E-state index contributed by atoms with van der Waals surface area (Å²) in [5.74, 6) is 1.86. The van der Waals surface area contributed by atoms with Gasteiger partial charge in [0.05, 0.1) is 17.8 Å². The van der Waals surface area contributed by atoms with Gasteiger partial charge in [0.2, 0.25) is 0 Å². The molecule has 1 N–H and O–H groups in total. The Morgan fingerprint density at radius 3 is 2.92 bits per heavy atom. The predicted octanol–water partition coefficient (Wildman–Crippen LogP) is 3.59. The second-order valence-electron chi connectivity index (χ2n) is 5.45. The van der Waals surface area contributed by atoms with Gasteiger partial charge < -0.3 is 14.6 Å². The molecule has 0 saturated carbocycles. The van der Waals surface area contributed by atoms with E-state index in [9.17, 15) is 0 Å². The zero-order valence-corrected chi connectivity index (χ0v) is 17.3. The van der Waals surface area contributed by atoms with E-state index in [2.05, 4.69) is 26.8 Å². The Kier molecular flexibility index (Phi) is 9.70. The maximum atomic E-state index is 5.36. The molecule has 7 heteroatoms. The highest BCUT2D eigenvalue weighted by Gasteiger charge is 2.08. The van der Waals surface area contributed by atoms with Crippen molar-refractivity contribution < 1.29 is 4.42 Å². The number of likely N-dealkylation sites (N-methyl/N-ethyl adjacent to an activating group) is 1. The molecule has 0 aliphatic rings. The number of hydrogen-bond donors (Lipinski definition) is 1. The number of aliphatic imine (C=N–C) groups is 1. The van der Waals surface area contributed by atoms with Gasteiger partial charge in [0.1, 0.15) is 5.76 Å². The summed E-state index contributed by atoms with van der Waals surface area (Å²) in [6.07, 6.45) is 5.29. The Hall–Kier alpha value is -1.35. The fourth-order valence-electron chi connectivity index (χ4n) is 2.02. The van der Waals surface area contributed by atoms with Gasteiger partial charge in [-0.25, -0.2) is 9.98 Å². The van der Waals surface area contributed by atoms with Crippen molar-refractivity contribution in [1.29, 1.82) is 0 Å². The monoisotopic (exact) mass is 460 g/mol. The van der Waals surface area contributed by atoms with Gasteiger partial charge in [-0.05, 0) is 19.1 Å². The van der Waals surface area contributed by atoms with Gasteiger partial charge in [0.15, 0.2) is 5.96 Å². The summed E-state index contributed by atoms with van der Waals surface area (Å²) in [5.41, 5.74) is 1.05. The van der Waals surface area contributed by atoms with Crippen molar-refractivity contribution >= 4 is 41.3 Å². The Bertz CT molecular complexity index is 611. The quantitative estimate of drug-likeness (QED) is 0.283. The predicted molar refractivity (Wildman–Crippen MR) is 111 cm³/mol. The molecule has 0 radical (unpaired) electrons. The van der Waals surface area contributed by atoms with Gasteiger partial charge in [-0.3, -0.25) is 0 Å². The molecule has 24 heavy (non-hydrogen) atoms. The first kappa shape index (κ1) is 20.7. The highest BCUT2D eigenvalue weighted by Crippen LogP contribution is 2.05. The number of furan rings is 1. The molecule has 132 valence electrons. The summed E-state index contributed by atoms with van der Waals surface area (Å²) >= 11 is 1.69. The zero-order valence-electron chi connectivity index (χ0n) is 14.2. The van der Waals surface area contributed by atoms with E-state index in [-0.39, 0.29) is 24.0 Å². The van der Waals surface area contributed by atoms with Crippen LogP contribution in [-0.2, 0) is 12.8 Å². The topological polar surface area (TPSA) is 53.7 Å². The second kappa shape index (κ2) is 11.2. The van der Waals surface area contributed by atoms with E-state index in [4.69, 9.17) is 4.42 Å². The van der Waals surface area contributed by atoms with Crippen molar-refractivity contribution in [3.05, 3.63) is 52.9 Å². The average Bonchev–Trinajstić information content (AvgIpc) is 3.21. The molecule has 0 unspecified atom stereocenters. The minimum absolute atomic E-state index is 0. The third-order valence-electron chi connectivity index (χ3n) is 3.24. The summed E-state index contributed by atoms with van der Waals surface area (Å²) < 4.78 is 5.36. The van der Waals surface area contributed by atoms with E-state index in [1.165, 1.54) is 0 Å². The van der Waals surface area contributed by atoms with Crippen molar-refractivity contribution in [2.75, 3.05) is 26.7 Å². The fraction of sp³-hybridized carbons (Fsp3) is 0.412. The van der Waals surface area contributed by atoms with Gasteiger partial charge in [-0.1, -0.05) is 12.2 Å². The van der Waals surface area contributed by atoms with E-state index in [1.54, 1.807) is 17.6 Å². The van der Waals surface area contributed by atoms with Crippen molar-refractivity contribution in [1.82, 2.24) is 15.2 Å². The zero-order chi connectivity index (χ0) is 16.5. The highest BCUT2D eigenvalue weighted by atomic mass is 127. The Labute approximate surface area is 164 Å². The highest BCUT2D eigenvalue weighted by molar-refractivity contribution is 14.0.